The second-order valence-corrected chi connectivity index (χ2v) is 2.61. The van der Waals surface area contributed by atoms with Crippen LogP contribution in [0.2, 0.25) is 0 Å². The van der Waals surface area contributed by atoms with E-state index in [1.807, 2.05) is 35.0 Å². The first-order valence-electron chi connectivity index (χ1n) is 3.39. The third kappa shape index (κ3) is 1.10. The van der Waals surface area contributed by atoms with Gasteiger partial charge in [-0.05, 0) is 18.2 Å². The number of hydrogen-bond donors (Lipinski definition) is 0. The van der Waals surface area contributed by atoms with Crippen LogP contribution in [0.25, 0.3) is 5.52 Å². The summed E-state index contributed by atoms with van der Waals surface area (Å²) in [6.45, 7) is 0. The molecule has 2 heterocycles. The van der Waals surface area contributed by atoms with E-state index in [1.165, 1.54) is 0 Å². The first-order chi connectivity index (χ1) is 5.40. The van der Waals surface area contributed by atoms with Gasteiger partial charge in [0, 0.05) is 6.20 Å². The van der Waals surface area contributed by atoms with Gasteiger partial charge < -0.3 is 0 Å². The van der Waals surface area contributed by atoms with E-state index in [-0.39, 0.29) is 0 Å². The zero-order chi connectivity index (χ0) is 7.68. The normalized spacial score (nSPS) is 10.6. The molecule has 0 unspecified atom stereocenters. The number of fused-ring (bicyclic) bond motifs is 1. The molecule has 0 fully saturated rings. The predicted molar refractivity (Wildman–Crippen MR) is 44.7 cm³/mol. The maximum absolute atomic E-state index is 5.62. The summed E-state index contributed by atoms with van der Waals surface area (Å²) in [6.07, 6.45) is 1.91. The Balaban J connectivity index is 2.69. The van der Waals surface area contributed by atoms with Gasteiger partial charge in [0.25, 0.3) is 0 Å². The molecule has 56 valence electrons. The number of nitrogens with zero attached hydrogens (tertiary/aromatic N) is 2. The van der Waals surface area contributed by atoms with E-state index >= 15 is 0 Å². The fraction of sp³-hybridized carbons (Fsp3) is 0.125. The van der Waals surface area contributed by atoms with Crippen LogP contribution >= 0.6 is 11.6 Å². The molecule has 0 aliphatic heterocycles. The number of halogens is 1. The average Bonchev–Trinajstić information content (AvgIpc) is 2.46. The SMILES string of the molecule is ClCc1cc2ccccn2n1. The highest BCUT2D eigenvalue weighted by molar-refractivity contribution is 6.16. The minimum absolute atomic E-state index is 0.474. The van der Waals surface area contributed by atoms with Gasteiger partial charge in [0.2, 0.25) is 0 Å². The molecule has 2 nitrogen and oxygen atoms in total. The highest BCUT2D eigenvalue weighted by Crippen LogP contribution is 2.06. The van der Waals surface area contributed by atoms with Crippen molar-refractivity contribution in [2.24, 2.45) is 0 Å². The summed E-state index contributed by atoms with van der Waals surface area (Å²) >= 11 is 5.62. The molecule has 0 aromatic carbocycles. The lowest BCUT2D eigenvalue weighted by Gasteiger charge is -1.87. The molecule has 0 N–H and O–H groups in total. The lowest BCUT2D eigenvalue weighted by Crippen LogP contribution is -1.84. The smallest absolute Gasteiger partial charge is 0.0782 e. The van der Waals surface area contributed by atoms with Crippen LogP contribution in [0.4, 0.5) is 0 Å². The Morgan fingerprint density at radius 3 is 3.09 bits per heavy atom. The molecule has 11 heavy (non-hydrogen) atoms. The second-order valence-electron chi connectivity index (χ2n) is 2.34. The lowest BCUT2D eigenvalue weighted by molar-refractivity contribution is 0.928. The Kier molecular flexibility index (Phi) is 1.55. The van der Waals surface area contributed by atoms with Gasteiger partial charge in [-0.15, -0.1) is 11.6 Å². The lowest BCUT2D eigenvalue weighted by atomic mass is 10.4. The standard InChI is InChI=1S/C8H7ClN2/c9-6-7-5-8-3-1-2-4-11(8)10-7/h1-5H,6H2. The number of rotatable bonds is 1. The first kappa shape index (κ1) is 6.68. The summed E-state index contributed by atoms with van der Waals surface area (Å²) in [7, 11) is 0. The van der Waals surface area contributed by atoms with Crippen molar-refractivity contribution in [3.8, 4) is 0 Å². The monoisotopic (exact) mass is 166 g/mol. The van der Waals surface area contributed by atoms with Crippen LogP contribution in [-0.2, 0) is 5.88 Å². The van der Waals surface area contributed by atoms with Crippen LogP contribution in [-0.4, -0.2) is 9.61 Å². The van der Waals surface area contributed by atoms with Crippen LogP contribution in [0.3, 0.4) is 0 Å². The maximum atomic E-state index is 5.62. The van der Waals surface area contributed by atoms with Gasteiger partial charge in [-0.25, -0.2) is 4.52 Å². The van der Waals surface area contributed by atoms with Gasteiger partial charge in [-0.1, -0.05) is 6.07 Å². The first-order valence-corrected chi connectivity index (χ1v) is 3.93. The van der Waals surface area contributed by atoms with E-state index in [0.29, 0.717) is 5.88 Å². The third-order valence-corrected chi connectivity index (χ3v) is 1.83. The van der Waals surface area contributed by atoms with E-state index in [0.717, 1.165) is 11.2 Å². The maximum Gasteiger partial charge on any atom is 0.0782 e. The molecule has 0 aliphatic rings. The average molecular weight is 167 g/mol. The Hall–Kier alpha value is -1.02. The molecule has 0 saturated carbocycles. The Labute approximate surface area is 69.4 Å². The van der Waals surface area contributed by atoms with Crippen LogP contribution in [0, 0.1) is 0 Å². The fourth-order valence-electron chi connectivity index (χ4n) is 1.06. The van der Waals surface area contributed by atoms with Crippen LogP contribution in [0.1, 0.15) is 5.69 Å². The molecule has 0 atom stereocenters. The molecule has 0 radical (unpaired) electrons. The largest absolute Gasteiger partial charge is 0.241 e. The molecular formula is C8H7ClN2. The van der Waals surface area contributed by atoms with Gasteiger partial charge in [0.05, 0.1) is 17.1 Å². The van der Waals surface area contributed by atoms with Crippen molar-refractivity contribution < 1.29 is 0 Å². The highest BCUT2D eigenvalue weighted by Gasteiger charge is 1.96. The van der Waals surface area contributed by atoms with E-state index in [9.17, 15) is 0 Å². The summed E-state index contributed by atoms with van der Waals surface area (Å²) in [4.78, 5) is 0. The van der Waals surface area contributed by atoms with Crippen molar-refractivity contribution >= 4 is 17.1 Å². The molecule has 2 aromatic heterocycles. The van der Waals surface area contributed by atoms with Crippen molar-refractivity contribution in [1.29, 1.82) is 0 Å². The molecule has 0 spiro atoms. The van der Waals surface area contributed by atoms with E-state index < -0.39 is 0 Å². The molecule has 0 bridgehead atoms. The summed E-state index contributed by atoms with van der Waals surface area (Å²) in [6, 6.07) is 7.91. The fourth-order valence-corrected chi connectivity index (χ4v) is 1.19. The molecule has 2 aromatic rings. The summed E-state index contributed by atoms with van der Waals surface area (Å²) in [5.74, 6) is 0.474. The third-order valence-electron chi connectivity index (χ3n) is 1.56. The van der Waals surface area contributed by atoms with E-state index in [2.05, 4.69) is 5.10 Å². The molecule has 0 aliphatic carbocycles. The minimum atomic E-state index is 0.474. The van der Waals surface area contributed by atoms with Crippen molar-refractivity contribution in [2.75, 3.05) is 0 Å². The second kappa shape index (κ2) is 2.55. The molecular weight excluding hydrogens is 160 g/mol. The Morgan fingerprint density at radius 1 is 1.45 bits per heavy atom. The Bertz CT molecular complexity index is 334. The Morgan fingerprint density at radius 2 is 2.36 bits per heavy atom. The zero-order valence-electron chi connectivity index (χ0n) is 5.87. The molecule has 0 saturated heterocycles. The molecule has 3 heteroatoms. The predicted octanol–water partition coefficient (Wildman–Crippen LogP) is 2.07. The van der Waals surface area contributed by atoms with Gasteiger partial charge in [0.15, 0.2) is 0 Å². The van der Waals surface area contributed by atoms with Crippen molar-refractivity contribution in [1.82, 2.24) is 9.61 Å². The molecule has 0 amide bonds. The number of aromatic nitrogens is 2. The highest BCUT2D eigenvalue weighted by atomic mass is 35.5. The summed E-state index contributed by atoms with van der Waals surface area (Å²) < 4.78 is 1.82. The van der Waals surface area contributed by atoms with Gasteiger partial charge in [-0.2, -0.15) is 5.10 Å². The van der Waals surface area contributed by atoms with Gasteiger partial charge in [-0.3, -0.25) is 0 Å². The number of pyridine rings is 1. The van der Waals surface area contributed by atoms with Crippen molar-refractivity contribution in [2.45, 2.75) is 5.88 Å². The van der Waals surface area contributed by atoms with Crippen LogP contribution in [0.15, 0.2) is 30.5 Å². The van der Waals surface area contributed by atoms with Crippen molar-refractivity contribution in [3.05, 3.63) is 36.2 Å². The zero-order valence-corrected chi connectivity index (χ0v) is 6.62. The summed E-state index contributed by atoms with van der Waals surface area (Å²) in [5.41, 5.74) is 2.00. The number of alkyl halides is 1. The van der Waals surface area contributed by atoms with Crippen LogP contribution in [0.5, 0.6) is 0 Å². The number of hydrogen-bond acceptors (Lipinski definition) is 1. The van der Waals surface area contributed by atoms with E-state index in [4.69, 9.17) is 11.6 Å². The van der Waals surface area contributed by atoms with E-state index in [1.54, 1.807) is 0 Å². The molecule has 2 rings (SSSR count). The summed E-state index contributed by atoms with van der Waals surface area (Å²) in [5, 5.41) is 4.22. The quantitative estimate of drug-likeness (QED) is 0.593. The topological polar surface area (TPSA) is 17.3 Å². The van der Waals surface area contributed by atoms with Gasteiger partial charge >= 0.3 is 0 Å². The van der Waals surface area contributed by atoms with Crippen molar-refractivity contribution in [3.63, 3.8) is 0 Å². The van der Waals surface area contributed by atoms with Gasteiger partial charge in [0.1, 0.15) is 0 Å². The minimum Gasteiger partial charge on any atom is -0.241 e. The van der Waals surface area contributed by atoms with Crippen LogP contribution < -0.4 is 0 Å².